The van der Waals surface area contributed by atoms with Gasteiger partial charge in [-0.3, -0.25) is 9.69 Å². The molecule has 1 unspecified atom stereocenters. The summed E-state index contributed by atoms with van der Waals surface area (Å²) in [5.41, 5.74) is 0.983. The fraction of sp³-hybridized carbons (Fsp3) is 0.500. The Kier molecular flexibility index (Phi) is 5.82. The third-order valence-corrected chi connectivity index (χ3v) is 3.10. The standard InChI is InChI=1S/C14H22N2O2/c1-4-15(2)13(12-8-6-5-7-9-12)14(18)16(3)10-11-17/h5-9,13,17H,4,10-11H2,1-3H3. The second-order valence-corrected chi connectivity index (χ2v) is 4.37. The predicted molar refractivity (Wildman–Crippen MR) is 72.2 cm³/mol. The molecule has 1 N–H and O–H groups in total. The highest BCUT2D eigenvalue weighted by Gasteiger charge is 2.26. The molecule has 4 heteroatoms. The van der Waals surface area contributed by atoms with E-state index in [1.807, 2.05) is 49.2 Å². The van der Waals surface area contributed by atoms with Gasteiger partial charge in [-0.2, -0.15) is 0 Å². The molecule has 18 heavy (non-hydrogen) atoms. The minimum Gasteiger partial charge on any atom is -0.395 e. The Hall–Kier alpha value is -1.39. The van der Waals surface area contributed by atoms with Crippen molar-refractivity contribution in [2.45, 2.75) is 13.0 Å². The Labute approximate surface area is 109 Å². The van der Waals surface area contributed by atoms with Crippen molar-refractivity contribution < 1.29 is 9.90 Å². The molecule has 0 aromatic heterocycles. The Bertz CT molecular complexity index is 367. The summed E-state index contributed by atoms with van der Waals surface area (Å²) in [5, 5.41) is 8.93. The van der Waals surface area contributed by atoms with E-state index in [0.29, 0.717) is 6.54 Å². The zero-order valence-electron chi connectivity index (χ0n) is 11.3. The van der Waals surface area contributed by atoms with Gasteiger partial charge in [-0.05, 0) is 19.2 Å². The van der Waals surface area contributed by atoms with Crippen molar-refractivity contribution in [3.63, 3.8) is 0 Å². The summed E-state index contributed by atoms with van der Waals surface area (Å²) in [6, 6.07) is 9.45. The van der Waals surface area contributed by atoms with E-state index in [1.54, 1.807) is 11.9 Å². The van der Waals surface area contributed by atoms with Gasteiger partial charge in [0, 0.05) is 13.6 Å². The van der Waals surface area contributed by atoms with Gasteiger partial charge in [0.25, 0.3) is 0 Å². The summed E-state index contributed by atoms with van der Waals surface area (Å²) in [6.07, 6.45) is 0. The molecule has 4 nitrogen and oxygen atoms in total. The summed E-state index contributed by atoms with van der Waals surface area (Å²) in [7, 11) is 3.65. The summed E-state index contributed by atoms with van der Waals surface area (Å²) >= 11 is 0. The quantitative estimate of drug-likeness (QED) is 0.823. The van der Waals surface area contributed by atoms with E-state index in [1.165, 1.54) is 0 Å². The lowest BCUT2D eigenvalue weighted by molar-refractivity contribution is -0.135. The van der Waals surface area contributed by atoms with E-state index in [-0.39, 0.29) is 18.6 Å². The molecule has 0 saturated carbocycles. The van der Waals surface area contributed by atoms with Crippen LogP contribution < -0.4 is 0 Å². The van der Waals surface area contributed by atoms with Crippen molar-refractivity contribution in [1.29, 1.82) is 0 Å². The number of carbonyl (C=O) groups is 1. The Balaban J connectivity index is 2.96. The molecule has 1 aromatic carbocycles. The topological polar surface area (TPSA) is 43.8 Å². The Morgan fingerprint density at radius 3 is 2.39 bits per heavy atom. The molecule has 1 amide bonds. The molecular formula is C14H22N2O2. The lowest BCUT2D eigenvalue weighted by Crippen LogP contribution is -2.40. The van der Waals surface area contributed by atoms with Crippen molar-refractivity contribution in [3.05, 3.63) is 35.9 Å². The smallest absolute Gasteiger partial charge is 0.244 e. The van der Waals surface area contributed by atoms with Crippen LogP contribution in [0.25, 0.3) is 0 Å². The number of nitrogens with zero attached hydrogens (tertiary/aromatic N) is 2. The Morgan fingerprint density at radius 1 is 1.28 bits per heavy atom. The maximum Gasteiger partial charge on any atom is 0.244 e. The average Bonchev–Trinajstić information content (AvgIpc) is 2.40. The maximum absolute atomic E-state index is 12.4. The van der Waals surface area contributed by atoms with Gasteiger partial charge in [0.05, 0.1) is 6.61 Å². The molecule has 0 aliphatic carbocycles. The van der Waals surface area contributed by atoms with E-state index in [0.717, 1.165) is 12.1 Å². The number of amides is 1. The highest BCUT2D eigenvalue weighted by atomic mass is 16.3. The monoisotopic (exact) mass is 250 g/mol. The maximum atomic E-state index is 12.4. The second kappa shape index (κ2) is 7.13. The van der Waals surface area contributed by atoms with Crippen LogP contribution in [0.2, 0.25) is 0 Å². The number of benzene rings is 1. The van der Waals surface area contributed by atoms with Crippen LogP contribution in [0.15, 0.2) is 30.3 Å². The first-order valence-corrected chi connectivity index (χ1v) is 6.22. The van der Waals surface area contributed by atoms with Gasteiger partial charge in [0.2, 0.25) is 5.91 Å². The molecule has 0 fully saturated rings. The molecule has 1 rings (SSSR count). The normalized spacial score (nSPS) is 12.5. The molecule has 1 atom stereocenters. The summed E-state index contributed by atoms with van der Waals surface area (Å²) in [4.78, 5) is 16.0. The van der Waals surface area contributed by atoms with E-state index < -0.39 is 0 Å². The highest BCUT2D eigenvalue weighted by molar-refractivity contribution is 5.83. The molecular weight excluding hydrogens is 228 g/mol. The van der Waals surface area contributed by atoms with E-state index in [2.05, 4.69) is 0 Å². The molecule has 0 aliphatic heterocycles. The zero-order valence-corrected chi connectivity index (χ0v) is 11.3. The number of hydrogen-bond acceptors (Lipinski definition) is 3. The number of likely N-dealkylation sites (N-methyl/N-ethyl adjacent to an activating group) is 2. The first-order valence-electron chi connectivity index (χ1n) is 6.22. The minimum atomic E-state index is -0.284. The number of carbonyl (C=O) groups excluding carboxylic acids is 1. The van der Waals surface area contributed by atoms with E-state index in [4.69, 9.17) is 5.11 Å². The molecule has 0 bridgehead atoms. The van der Waals surface area contributed by atoms with Crippen LogP contribution in [-0.2, 0) is 4.79 Å². The summed E-state index contributed by atoms with van der Waals surface area (Å²) < 4.78 is 0. The van der Waals surface area contributed by atoms with Gasteiger partial charge in [-0.15, -0.1) is 0 Å². The number of aliphatic hydroxyl groups excluding tert-OH is 1. The number of rotatable bonds is 6. The lowest BCUT2D eigenvalue weighted by atomic mass is 10.0. The first kappa shape index (κ1) is 14.7. The molecule has 0 heterocycles. The van der Waals surface area contributed by atoms with E-state index >= 15 is 0 Å². The Morgan fingerprint density at radius 2 is 1.89 bits per heavy atom. The van der Waals surface area contributed by atoms with Crippen molar-refractivity contribution in [1.82, 2.24) is 9.80 Å². The fourth-order valence-electron chi connectivity index (χ4n) is 1.87. The molecule has 0 aliphatic rings. The van der Waals surface area contributed by atoms with Crippen LogP contribution in [0.1, 0.15) is 18.5 Å². The average molecular weight is 250 g/mol. The van der Waals surface area contributed by atoms with Gasteiger partial charge in [-0.25, -0.2) is 0 Å². The second-order valence-electron chi connectivity index (χ2n) is 4.37. The van der Waals surface area contributed by atoms with Crippen LogP contribution in [0.4, 0.5) is 0 Å². The molecule has 0 radical (unpaired) electrons. The van der Waals surface area contributed by atoms with Crippen molar-refractivity contribution >= 4 is 5.91 Å². The van der Waals surface area contributed by atoms with Gasteiger partial charge in [0.1, 0.15) is 6.04 Å². The number of hydrogen-bond donors (Lipinski definition) is 1. The summed E-state index contributed by atoms with van der Waals surface area (Å²) in [6.45, 7) is 3.16. The third kappa shape index (κ3) is 3.55. The van der Waals surface area contributed by atoms with Gasteiger partial charge >= 0.3 is 0 Å². The molecule has 100 valence electrons. The molecule has 1 aromatic rings. The van der Waals surface area contributed by atoms with Crippen LogP contribution in [0.5, 0.6) is 0 Å². The molecule has 0 spiro atoms. The summed E-state index contributed by atoms with van der Waals surface area (Å²) in [5.74, 6) is 0.0135. The number of aliphatic hydroxyl groups is 1. The third-order valence-electron chi connectivity index (χ3n) is 3.10. The van der Waals surface area contributed by atoms with Crippen molar-refractivity contribution in [2.75, 3.05) is 33.8 Å². The molecule has 0 saturated heterocycles. The largest absolute Gasteiger partial charge is 0.395 e. The SMILES string of the molecule is CCN(C)C(C(=O)N(C)CCO)c1ccccc1. The van der Waals surface area contributed by atoms with Crippen LogP contribution in [0.3, 0.4) is 0 Å². The van der Waals surface area contributed by atoms with Gasteiger partial charge in [-0.1, -0.05) is 37.3 Å². The lowest BCUT2D eigenvalue weighted by Gasteiger charge is -2.30. The van der Waals surface area contributed by atoms with Crippen LogP contribution >= 0.6 is 0 Å². The van der Waals surface area contributed by atoms with Crippen molar-refractivity contribution in [3.8, 4) is 0 Å². The zero-order chi connectivity index (χ0) is 13.5. The highest BCUT2D eigenvalue weighted by Crippen LogP contribution is 2.21. The minimum absolute atomic E-state index is 0.0135. The van der Waals surface area contributed by atoms with E-state index in [9.17, 15) is 4.79 Å². The fourth-order valence-corrected chi connectivity index (χ4v) is 1.87. The van der Waals surface area contributed by atoms with Crippen LogP contribution in [0, 0.1) is 0 Å². The predicted octanol–water partition coefficient (Wildman–Crippen LogP) is 1.13. The van der Waals surface area contributed by atoms with Crippen LogP contribution in [-0.4, -0.2) is 54.6 Å². The van der Waals surface area contributed by atoms with Gasteiger partial charge < -0.3 is 10.0 Å². The van der Waals surface area contributed by atoms with Crippen molar-refractivity contribution in [2.24, 2.45) is 0 Å². The first-order chi connectivity index (χ1) is 8.61. The van der Waals surface area contributed by atoms with Gasteiger partial charge in [0.15, 0.2) is 0 Å².